The van der Waals surface area contributed by atoms with E-state index >= 15 is 0 Å². The fourth-order valence-electron chi connectivity index (χ4n) is 2.78. The number of carbonyl (C=O) groups is 2. The molecule has 1 aliphatic carbocycles. The van der Waals surface area contributed by atoms with Gasteiger partial charge in [-0.1, -0.05) is 19.3 Å². The van der Waals surface area contributed by atoms with Gasteiger partial charge in [0.15, 0.2) is 0 Å². The largest absolute Gasteiger partial charge is 0.481 e. The van der Waals surface area contributed by atoms with Crippen LogP contribution in [0.4, 0.5) is 0 Å². The van der Waals surface area contributed by atoms with E-state index in [2.05, 4.69) is 0 Å². The lowest BCUT2D eigenvalue weighted by atomic mass is 9.71. The molecule has 1 rings (SSSR count). The van der Waals surface area contributed by atoms with Crippen LogP contribution < -0.4 is 0 Å². The monoisotopic (exact) mass is 287 g/mol. The molecule has 1 atom stereocenters. The highest BCUT2D eigenvalue weighted by Crippen LogP contribution is 2.39. The van der Waals surface area contributed by atoms with Crippen molar-refractivity contribution in [3.8, 4) is 0 Å². The van der Waals surface area contributed by atoms with Crippen LogP contribution in [0.25, 0.3) is 0 Å². The van der Waals surface area contributed by atoms with Gasteiger partial charge in [0.05, 0.1) is 18.1 Å². The Hall–Kier alpha value is -1.14. The van der Waals surface area contributed by atoms with Gasteiger partial charge in [0.1, 0.15) is 0 Å². The number of amides is 1. The molecule has 1 unspecified atom stereocenters. The first kappa shape index (κ1) is 16.9. The molecule has 0 aromatic rings. The average Bonchev–Trinajstić information content (AvgIpc) is 2.39. The molecule has 6 nitrogen and oxygen atoms in total. The number of methoxy groups -OCH3 is 1. The van der Waals surface area contributed by atoms with Gasteiger partial charge in [-0.25, -0.2) is 0 Å². The number of ether oxygens (including phenoxy) is 1. The van der Waals surface area contributed by atoms with Gasteiger partial charge in [-0.3, -0.25) is 9.59 Å². The van der Waals surface area contributed by atoms with Crippen molar-refractivity contribution in [2.24, 2.45) is 5.41 Å². The van der Waals surface area contributed by atoms with Crippen LogP contribution in [0.3, 0.4) is 0 Å². The third kappa shape index (κ3) is 4.45. The van der Waals surface area contributed by atoms with Crippen LogP contribution in [0.2, 0.25) is 0 Å². The zero-order valence-electron chi connectivity index (χ0n) is 12.3. The zero-order chi connectivity index (χ0) is 15.2. The predicted octanol–water partition coefficient (Wildman–Crippen LogP) is 0.877. The molecular formula is C14H25NO5. The average molecular weight is 287 g/mol. The minimum absolute atomic E-state index is 0.0124. The quantitative estimate of drug-likeness (QED) is 0.725. The van der Waals surface area contributed by atoms with E-state index < -0.39 is 17.5 Å². The van der Waals surface area contributed by atoms with Gasteiger partial charge in [-0.2, -0.15) is 0 Å². The summed E-state index contributed by atoms with van der Waals surface area (Å²) in [5, 5.41) is 19.1. The van der Waals surface area contributed by atoms with E-state index in [0.29, 0.717) is 12.8 Å². The summed E-state index contributed by atoms with van der Waals surface area (Å²) >= 11 is 0. The summed E-state index contributed by atoms with van der Waals surface area (Å²) in [6.07, 6.45) is 3.13. The Morgan fingerprint density at radius 3 is 2.40 bits per heavy atom. The zero-order valence-corrected chi connectivity index (χ0v) is 12.3. The maximum atomic E-state index is 12.2. The molecule has 0 aliphatic heterocycles. The lowest BCUT2D eigenvalue weighted by Crippen LogP contribution is -2.42. The number of aliphatic carboxylic acids is 1. The summed E-state index contributed by atoms with van der Waals surface area (Å²) in [4.78, 5) is 25.1. The smallest absolute Gasteiger partial charge is 0.310 e. The van der Waals surface area contributed by atoms with Crippen molar-refractivity contribution in [2.75, 3.05) is 27.3 Å². The summed E-state index contributed by atoms with van der Waals surface area (Å²) in [7, 11) is 3.06. The van der Waals surface area contributed by atoms with Gasteiger partial charge in [0.2, 0.25) is 5.91 Å². The molecule has 6 heteroatoms. The van der Waals surface area contributed by atoms with Crippen molar-refractivity contribution in [1.29, 1.82) is 0 Å². The third-order valence-corrected chi connectivity index (χ3v) is 4.02. The predicted molar refractivity (Wildman–Crippen MR) is 73.3 cm³/mol. The third-order valence-electron chi connectivity index (χ3n) is 4.02. The van der Waals surface area contributed by atoms with Crippen molar-refractivity contribution < 1.29 is 24.5 Å². The molecule has 0 heterocycles. The van der Waals surface area contributed by atoms with E-state index in [1.54, 1.807) is 7.05 Å². The number of nitrogens with zero attached hydrogens (tertiary/aromatic N) is 1. The van der Waals surface area contributed by atoms with Gasteiger partial charge in [0, 0.05) is 27.1 Å². The van der Waals surface area contributed by atoms with E-state index in [-0.39, 0.29) is 25.5 Å². The van der Waals surface area contributed by atoms with Crippen LogP contribution in [-0.4, -0.2) is 60.4 Å². The normalized spacial score (nSPS) is 19.4. The summed E-state index contributed by atoms with van der Waals surface area (Å²) in [6, 6.07) is 0. The molecule has 0 aromatic heterocycles. The van der Waals surface area contributed by atoms with Gasteiger partial charge in [-0.15, -0.1) is 0 Å². The Kier molecular flexibility index (Phi) is 6.42. The lowest BCUT2D eigenvalue weighted by Gasteiger charge is -2.34. The Labute approximate surface area is 119 Å². The molecule has 1 fully saturated rings. The van der Waals surface area contributed by atoms with Crippen LogP contribution in [0.15, 0.2) is 0 Å². The number of carboxylic acids is 1. The van der Waals surface area contributed by atoms with Crippen molar-refractivity contribution in [2.45, 2.75) is 44.6 Å². The van der Waals surface area contributed by atoms with Gasteiger partial charge in [-0.05, 0) is 12.8 Å². The minimum atomic E-state index is -0.921. The summed E-state index contributed by atoms with van der Waals surface area (Å²) in [5.41, 5.74) is -0.921. The number of hydrogen-bond donors (Lipinski definition) is 2. The van der Waals surface area contributed by atoms with Crippen LogP contribution in [0.1, 0.15) is 38.5 Å². The highest BCUT2D eigenvalue weighted by Gasteiger charge is 2.42. The molecule has 1 amide bonds. The van der Waals surface area contributed by atoms with Gasteiger partial charge in [0.25, 0.3) is 0 Å². The fourth-order valence-corrected chi connectivity index (χ4v) is 2.78. The summed E-state index contributed by atoms with van der Waals surface area (Å²) in [5.74, 6) is -1.11. The molecule has 1 saturated carbocycles. The highest BCUT2D eigenvalue weighted by molar-refractivity contribution is 5.85. The molecule has 0 aromatic carbocycles. The van der Waals surface area contributed by atoms with E-state index in [4.69, 9.17) is 4.74 Å². The minimum Gasteiger partial charge on any atom is -0.481 e. The standard InChI is InChI=1S/C14H25NO5/c1-15(9-11(16)10-20-2)12(17)8-14(13(18)19)6-4-3-5-7-14/h11,16H,3-10H2,1-2H3,(H,18,19). The summed E-state index contributed by atoms with van der Waals surface area (Å²) in [6.45, 7) is 0.310. The van der Waals surface area contributed by atoms with Crippen molar-refractivity contribution >= 4 is 11.9 Å². The number of aliphatic hydroxyl groups excluding tert-OH is 1. The van der Waals surface area contributed by atoms with Crippen LogP contribution in [-0.2, 0) is 14.3 Å². The number of carbonyl (C=O) groups excluding carboxylic acids is 1. The number of aliphatic hydroxyl groups is 1. The maximum Gasteiger partial charge on any atom is 0.310 e. The molecule has 116 valence electrons. The first-order valence-corrected chi connectivity index (χ1v) is 7.05. The van der Waals surface area contributed by atoms with Gasteiger partial charge < -0.3 is 19.8 Å². The molecule has 20 heavy (non-hydrogen) atoms. The highest BCUT2D eigenvalue weighted by atomic mass is 16.5. The number of rotatable bonds is 7. The number of hydrogen-bond acceptors (Lipinski definition) is 4. The van der Waals surface area contributed by atoms with Crippen LogP contribution in [0.5, 0.6) is 0 Å². The van der Waals surface area contributed by atoms with E-state index in [1.165, 1.54) is 12.0 Å². The Bertz CT molecular complexity index is 338. The van der Waals surface area contributed by atoms with E-state index in [9.17, 15) is 19.8 Å². The van der Waals surface area contributed by atoms with E-state index in [0.717, 1.165) is 19.3 Å². The second-order valence-corrected chi connectivity index (χ2v) is 5.71. The van der Waals surface area contributed by atoms with Crippen molar-refractivity contribution in [3.63, 3.8) is 0 Å². The van der Waals surface area contributed by atoms with Crippen molar-refractivity contribution in [1.82, 2.24) is 4.90 Å². The Morgan fingerprint density at radius 2 is 1.90 bits per heavy atom. The second kappa shape index (κ2) is 7.59. The molecule has 0 saturated heterocycles. The van der Waals surface area contributed by atoms with Crippen LogP contribution >= 0.6 is 0 Å². The molecule has 0 spiro atoms. The molecular weight excluding hydrogens is 262 g/mol. The van der Waals surface area contributed by atoms with Gasteiger partial charge >= 0.3 is 5.97 Å². The Balaban J connectivity index is 2.59. The van der Waals surface area contributed by atoms with Crippen LogP contribution in [0, 0.1) is 5.41 Å². The number of carboxylic acid groups (broad SMARTS) is 1. The molecule has 0 bridgehead atoms. The first-order valence-electron chi connectivity index (χ1n) is 7.05. The lowest BCUT2D eigenvalue weighted by molar-refractivity contribution is -0.156. The maximum absolute atomic E-state index is 12.2. The van der Waals surface area contributed by atoms with Crippen molar-refractivity contribution in [3.05, 3.63) is 0 Å². The molecule has 2 N–H and O–H groups in total. The SMILES string of the molecule is COCC(O)CN(C)C(=O)CC1(C(=O)O)CCCCC1. The second-order valence-electron chi connectivity index (χ2n) is 5.71. The first-order chi connectivity index (χ1) is 9.41. The summed E-state index contributed by atoms with van der Waals surface area (Å²) < 4.78 is 4.81. The number of likely N-dealkylation sites (N-methyl/N-ethyl adjacent to an activating group) is 1. The molecule has 1 aliphatic rings. The topological polar surface area (TPSA) is 87.1 Å². The Morgan fingerprint density at radius 1 is 1.30 bits per heavy atom. The molecule has 0 radical (unpaired) electrons. The van der Waals surface area contributed by atoms with E-state index in [1.807, 2.05) is 0 Å². The fraction of sp³-hybridized carbons (Fsp3) is 0.857.